The summed E-state index contributed by atoms with van der Waals surface area (Å²) in [6, 6.07) is -0.633. The Labute approximate surface area is 417 Å². The monoisotopic (exact) mass is 942 g/mol. The van der Waals surface area contributed by atoms with Gasteiger partial charge < -0.3 is 20.3 Å². The van der Waals surface area contributed by atoms with Crippen molar-refractivity contribution in [2.45, 2.75) is 328 Å². The minimum Gasteiger partial charge on any atom is -0.466 e. The molecular weight excluding hydrogens is 827 g/mol. The van der Waals surface area contributed by atoms with Gasteiger partial charge >= 0.3 is 5.97 Å². The lowest BCUT2D eigenvalue weighted by molar-refractivity contribution is -0.143. The fraction of sp³-hybridized carbons (Fsp3) is 0.869. The number of amides is 1. The Kier molecular flexibility index (Phi) is 55.0. The Morgan fingerprint density at radius 3 is 1.13 bits per heavy atom. The second-order valence-electron chi connectivity index (χ2n) is 20.3. The number of aliphatic hydroxyl groups is 2. The van der Waals surface area contributed by atoms with E-state index in [1.54, 1.807) is 6.08 Å². The van der Waals surface area contributed by atoms with E-state index < -0.39 is 12.1 Å². The zero-order valence-electron chi connectivity index (χ0n) is 44.9. The molecule has 394 valence electrons. The van der Waals surface area contributed by atoms with Gasteiger partial charge in [-0.1, -0.05) is 275 Å². The standard InChI is InChI=1S/C61H115NO5/c1-3-5-7-9-11-13-14-15-16-17-26-29-32-35-39-43-47-51-55-61(66)67-56-52-48-44-40-36-33-30-27-24-22-20-18-19-21-23-25-28-31-34-38-42-46-50-54-60(65)62-58(57-63)59(64)53-49-45-41-37-12-10-8-6-4-2/h18,20-21,23,49,53,58-59,63-64H,3-17,19,22,24-48,50-52,54-57H2,1-2H3,(H,62,65)/b20-18-,23-21-,53-49+. The summed E-state index contributed by atoms with van der Waals surface area (Å²) in [5, 5.41) is 22.9. The summed E-state index contributed by atoms with van der Waals surface area (Å²) in [6.45, 7) is 4.88. The maximum absolute atomic E-state index is 12.4. The molecular formula is C61H115NO5. The van der Waals surface area contributed by atoms with Gasteiger partial charge in [-0.2, -0.15) is 0 Å². The molecule has 0 heterocycles. The van der Waals surface area contributed by atoms with Crippen molar-refractivity contribution in [3.8, 4) is 0 Å². The Morgan fingerprint density at radius 1 is 0.418 bits per heavy atom. The molecule has 2 atom stereocenters. The highest BCUT2D eigenvalue weighted by molar-refractivity contribution is 5.76. The Bertz CT molecular complexity index is 1090. The van der Waals surface area contributed by atoms with Gasteiger partial charge in [-0.15, -0.1) is 0 Å². The Balaban J connectivity index is 3.41. The molecule has 0 aromatic rings. The molecule has 6 nitrogen and oxygen atoms in total. The van der Waals surface area contributed by atoms with E-state index in [4.69, 9.17) is 4.74 Å². The third kappa shape index (κ3) is 53.3. The summed E-state index contributed by atoms with van der Waals surface area (Å²) in [7, 11) is 0. The molecule has 0 radical (unpaired) electrons. The van der Waals surface area contributed by atoms with Crippen molar-refractivity contribution in [3.05, 3.63) is 36.5 Å². The molecule has 0 rings (SSSR count). The molecule has 3 N–H and O–H groups in total. The van der Waals surface area contributed by atoms with Crippen LogP contribution in [0.5, 0.6) is 0 Å². The second kappa shape index (κ2) is 56.7. The minimum absolute atomic E-state index is 0.0106. The van der Waals surface area contributed by atoms with Crippen molar-refractivity contribution in [1.29, 1.82) is 0 Å². The van der Waals surface area contributed by atoms with Crippen LogP contribution in [-0.2, 0) is 14.3 Å². The van der Waals surface area contributed by atoms with E-state index in [1.165, 1.54) is 231 Å². The SMILES string of the molecule is CCCCCCCCC/C=C/C(O)C(CO)NC(=O)CCCCCCCCC/C=C\C/C=C\CCCCCCCCCCCOC(=O)CCCCCCCCCCCCCCCCCCCC. The molecule has 6 heteroatoms. The van der Waals surface area contributed by atoms with Crippen molar-refractivity contribution in [1.82, 2.24) is 5.32 Å². The van der Waals surface area contributed by atoms with Gasteiger partial charge in [0.15, 0.2) is 0 Å². The molecule has 0 fully saturated rings. The van der Waals surface area contributed by atoms with Crippen molar-refractivity contribution in [2.75, 3.05) is 13.2 Å². The van der Waals surface area contributed by atoms with Gasteiger partial charge in [0, 0.05) is 12.8 Å². The summed E-state index contributed by atoms with van der Waals surface area (Å²) < 4.78 is 5.49. The van der Waals surface area contributed by atoms with E-state index in [0.717, 1.165) is 57.8 Å². The van der Waals surface area contributed by atoms with E-state index in [0.29, 0.717) is 19.4 Å². The summed E-state index contributed by atoms with van der Waals surface area (Å²) in [6.07, 6.45) is 70.5. The first-order valence-corrected chi connectivity index (χ1v) is 29.8. The zero-order chi connectivity index (χ0) is 48.6. The quantitative estimate of drug-likeness (QED) is 0.0321. The van der Waals surface area contributed by atoms with Crippen LogP contribution in [0.15, 0.2) is 36.5 Å². The van der Waals surface area contributed by atoms with Crippen LogP contribution in [0.25, 0.3) is 0 Å². The fourth-order valence-corrected chi connectivity index (χ4v) is 9.08. The molecule has 0 aliphatic carbocycles. The first kappa shape index (κ1) is 65.1. The van der Waals surface area contributed by atoms with Crippen LogP contribution in [0.2, 0.25) is 0 Å². The normalized spacial score (nSPS) is 12.8. The van der Waals surface area contributed by atoms with Crippen molar-refractivity contribution in [2.24, 2.45) is 0 Å². The summed E-state index contributed by atoms with van der Waals surface area (Å²) in [4.78, 5) is 24.5. The van der Waals surface area contributed by atoms with Gasteiger partial charge in [0.05, 0.1) is 25.4 Å². The van der Waals surface area contributed by atoms with Gasteiger partial charge in [0.2, 0.25) is 5.91 Å². The zero-order valence-corrected chi connectivity index (χ0v) is 44.9. The van der Waals surface area contributed by atoms with Gasteiger partial charge in [-0.25, -0.2) is 0 Å². The molecule has 0 aliphatic heterocycles. The highest BCUT2D eigenvalue weighted by Crippen LogP contribution is 2.17. The number of ether oxygens (including phenoxy) is 1. The molecule has 0 aromatic heterocycles. The van der Waals surface area contributed by atoms with Gasteiger partial charge in [-0.05, 0) is 64.2 Å². The average molecular weight is 943 g/mol. The predicted molar refractivity (Wildman–Crippen MR) is 292 cm³/mol. The van der Waals surface area contributed by atoms with E-state index >= 15 is 0 Å². The van der Waals surface area contributed by atoms with Gasteiger partial charge in [0.25, 0.3) is 0 Å². The summed E-state index contributed by atoms with van der Waals surface area (Å²) in [5.41, 5.74) is 0. The summed E-state index contributed by atoms with van der Waals surface area (Å²) in [5.74, 6) is -0.0706. The van der Waals surface area contributed by atoms with Gasteiger partial charge in [0.1, 0.15) is 0 Å². The third-order valence-corrected chi connectivity index (χ3v) is 13.7. The first-order valence-electron chi connectivity index (χ1n) is 29.8. The molecule has 1 amide bonds. The smallest absolute Gasteiger partial charge is 0.305 e. The van der Waals surface area contributed by atoms with Gasteiger partial charge in [-0.3, -0.25) is 9.59 Å². The van der Waals surface area contributed by atoms with E-state index in [1.807, 2.05) is 6.08 Å². The summed E-state index contributed by atoms with van der Waals surface area (Å²) >= 11 is 0. The predicted octanol–water partition coefficient (Wildman–Crippen LogP) is 18.4. The number of rotatable bonds is 55. The molecule has 0 saturated carbocycles. The highest BCUT2D eigenvalue weighted by Gasteiger charge is 2.18. The number of carbonyl (C=O) groups excluding carboxylic acids is 2. The van der Waals surface area contributed by atoms with Crippen LogP contribution < -0.4 is 5.32 Å². The second-order valence-corrected chi connectivity index (χ2v) is 20.3. The fourth-order valence-electron chi connectivity index (χ4n) is 9.08. The van der Waals surface area contributed by atoms with Crippen LogP contribution in [0.1, 0.15) is 316 Å². The number of allylic oxidation sites excluding steroid dienone is 5. The maximum atomic E-state index is 12.4. The highest BCUT2D eigenvalue weighted by atomic mass is 16.5. The lowest BCUT2D eigenvalue weighted by Crippen LogP contribution is -2.45. The van der Waals surface area contributed by atoms with E-state index in [9.17, 15) is 19.8 Å². The maximum Gasteiger partial charge on any atom is 0.305 e. The van der Waals surface area contributed by atoms with Crippen LogP contribution in [0.4, 0.5) is 0 Å². The number of hydrogen-bond acceptors (Lipinski definition) is 5. The molecule has 2 unspecified atom stereocenters. The van der Waals surface area contributed by atoms with Crippen molar-refractivity contribution in [3.63, 3.8) is 0 Å². The largest absolute Gasteiger partial charge is 0.466 e. The Morgan fingerprint density at radius 2 is 0.746 bits per heavy atom. The number of nitrogens with one attached hydrogen (secondary N) is 1. The molecule has 67 heavy (non-hydrogen) atoms. The number of esters is 1. The topological polar surface area (TPSA) is 95.9 Å². The number of aliphatic hydroxyl groups excluding tert-OH is 2. The molecule has 0 saturated heterocycles. The van der Waals surface area contributed by atoms with Crippen molar-refractivity contribution >= 4 is 11.9 Å². The van der Waals surface area contributed by atoms with E-state index in [2.05, 4.69) is 43.5 Å². The van der Waals surface area contributed by atoms with E-state index in [-0.39, 0.29) is 18.5 Å². The molecule has 0 spiro atoms. The number of unbranched alkanes of at least 4 members (excludes halogenated alkanes) is 40. The molecule has 0 bridgehead atoms. The number of hydrogen-bond donors (Lipinski definition) is 3. The van der Waals surface area contributed by atoms with Crippen LogP contribution >= 0.6 is 0 Å². The van der Waals surface area contributed by atoms with Crippen molar-refractivity contribution < 1.29 is 24.5 Å². The number of carbonyl (C=O) groups is 2. The Hall–Kier alpha value is -1.92. The molecule has 0 aromatic carbocycles. The average Bonchev–Trinajstić information content (AvgIpc) is 3.33. The third-order valence-electron chi connectivity index (χ3n) is 13.7. The molecule has 0 aliphatic rings. The van der Waals surface area contributed by atoms with Crippen LogP contribution in [0, 0.1) is 0 Å². The van der Waals surface area contributed by atoms with Crippen LogP contribution in [-0.4, -0.2) is 47.4 Å². The first-order chi connectivity index (χ1) is 33.0. The lowest BCUT2D eigenvalue weighted by atomic mass is 10.0. The minimum atomic E-state index is -0.849. The lowest BCUT2D eigenvalue weighted by Gasteiger charge is -2.20. The van der Waals surface area contributed by atoms with Crippen LogP contribution in [0.3, 0.4) is 0 Å².